The predicted octanol–water partition coefficient (Wildman–Crippen LogP) is 3.49. The first-order valence-electron chi connectivity index (χ1n) is 8.46. The van der Waals surface area contributed by atoms with Gasteiger partial charge in [0.15, 0.2) is 0 Å². The average molecular weight is 398 g/mol. The first-order chi connectivity index (χ1) is 12.3. The Hall–Kier alpha value is -1.47. The van der Waals surface area contributed by atoms with Gasteiger partial charge in [-0.3, -0.25) is 0 Å². The van der Waals surface area contributed by atoms with E-state index in [1.807, 2.05) is 18.2 Å². The summed E-state index contributed by atoms with van der Waals surface area (Å²) in [5, 5.41) is 10.7. The normalized spacial score (nSPS) is 21.7. The Kier molecular flexibility index (Phi) is 5.67. The summed E-state index contributed by atoms with van der Waals surface area (Å²) in [5.41, 5.74) is 0.406. The van der Waals surface area contributed by atoms with E-state index < -0.39 is 21.3 Å². The van der Waals surface area contributed by atoms with Crippen LogP contribution in [0, 0.1) is 11.2 Å². The number of nitrogens with zero attached hydrogens (tertiary/aromatic N) is 1. The van der Waals surface area contributed by atoms with Gasteiger partial charge in [0.2, 0.25) is 10.0 Å². The lowest BCUT2D eigenvalue weighted by Gasteiger charge is -2.41. The zero-order chi connectivity index (χ0) is 18.8. The highest BCUT2D eigenvalue weighted by atomic mass is 35.5. The lowest BCUT2D eigenvalue weighted by Crippen LogP contribution is -2.48. The van der Waals surface area contributed by atoms with Gasteiger partial charge in [-0.25, -0.2) is 12.8 Å². The van der Waals surface area contributed by atoms with Crippen LogP contribution in [0.4, 0.5) is 4.39 Å². The van der Waals surface area contributed by atoms with Gasteiger partial charge in [-0.2, -0.15) is 4.31 Å². The Bertz CT molecular complexity index is 873. The summed E-state index contributed by atoms with van der Waals surface area (Å²) >= 11 is 6.05. The molecule has 0 radical (unpaired) electrons. The van der Waals surface area contributed by atoms with E-state index in [0.717, 1.165) is 24.1 Å². The van der Waals surface area contributed by atoms with Crippen LogP contribution in [0.15, 0.2) is 53.4 Å². The second-order valence-electron chi connectivity index (χ2n) is 6.86. The largest absolute Gasteiger partial charge is 0.396 e. The number of benzene rings is 2. The van der Waals surface area contributed by atoms with Crippen molar-refractivity contribution >= 4 is 21.6 Å². The van der Waals surface area contributed by atoms with E-state index in [9.17, 15) is 17.9 Å². The van der Waals surface area contributed by atoms with Crippen LogP contribution in [0.3, 0.4) is 0 Å². The maximum absolute atomic E-state index is 13.1. The zero-order valence-corrected chi connectivity index (χ0v) is 15.8. The van der Waals surface area contributed by atoms with Gasteiger partial charge in [-0.1, -0.05) is 23.7 Å². The molecule has 0 spiro atoms. The maximum atomic E-state index is 13.1. The number of piperidine rings is 1. The quantitative estimate of drug-likeness (QED) is 0.840. The molecule has 1 N–H and O–H groups in total. The SMILES string of the molecule is O=S(=O)(c1ccc(F)cc1)N1CCCC(CO)(Cc2cccc(Cl)c2)C1. The minimum Gasteiger partial charge on any atom is -0.396 e. The molecular weight excluding hydrogens is 377 g/mol. The molecule has 0 bridgehead atoms. The van der Waals surface area contributed by atoms with E-state index in [-0.39, 0.29) is 18.0 Å². The van der Waals surface area contributed by atoms with Crippen molar-refractivity contribution in [2.24, 2.45) is 5.41 Å². The topological polar surface area (TPSA) is 57.6 Å². The van der Waals surface area contributed by atoms with Crippen molar-refractivity contribution in [2.75, 3.05) is 19.7 Å². The minimum atomic E-state index is -3.73. The highest BCUT2D eigenvalue weighted by molar-refractivity contribution is 7.89. The van der Waals surface area contributed by atoms with Crippen molar-refractivity contribution in [2.45, 2.75) is 24.2 Å². The number of hydrogen-bond donors (Lipinski definition) is 1. The van der Waals surface area contributed by atoms with Crippen LogP contribution >= 0.6 is 11.6 Å². The first-order valence-corrected chi connectivity index (χ1v) is 10.3. The third-order valence-electron chi connectivity index (χ3n) is 4.88. The van der Waals surface area contributed by atoms with Crippen LogP contribution in [-0.4, -0.2) is 37.5 Å². The summed E-state index contributed by atoms with van der Waals surface area (Å²) in [6.45, 7) is 0.488. The van der Waals surface area contributed by atoms with E-state index in [2.05, 4.69) is 0 Å². The number of sulfonamides is 1. The molecule has 1 saturated heterocycles. The van der Waals surface area contributed by atoms with Gasteiger partial charge in [0.05, 0.1) is 11.5 Å². The van der Waals surface area contributed by atoms with E-state index in [1.54, 1.807) is 6.07 Å². The molecule has 2 aromatic carbocycles. The molecule has 1 heterocycles. The summed E-state index contributed by atoms with van der Waals surface area (Å²) in [6, 6.07) is 12.2. The molecule has 2 aromatic rings. The van der Waals surface area contributed by atoms with Crippen LogP contribution in [-0.2, 0) is 16.4 Å². The smallest absolute Gasteiger partial charge is 0.243 e. The molecule has 7 heteroatoms. The Labute approximate surface area is 158 Å². The van der Waals surface area contributed by atoms with Crippen LogP contribution in [0.2, 0.25) is 5.02 Å². The molecular formula is C19H21ClFNO3S. The number of hydrogen-bond acceptors (Lipinski definition) is 3. The Morgan fingerprint density at radius 2 is 1.92 bits per heavy atom. The molecule has 1 fully saturated rings. The fourth-order valence-electron chi connectivity index (χ4n) is 3.53. The second kappa shape index (κ2) is 7.64. The van der Waals surface area contributed by atoms with Crippen molar-refractivity contribution < 1.29 is 17.9 Å². The molecule has 0 saturated carbocycles. The van der Waals surface area contributed by atoms with E-state index >= 15 is 0 Å². The van der Waals surface area contributed by atoms with Crippen molar-refractivity contribution in [3.63, 3.8) is 0 Å². The monoisotopic (exact) mass is 397 g/mol. The highest BCUT2D eigenvalue weighted by Gasteiger charge is 2.39. The molecule has 140 valence electrons. The fraction of sp³-hybridized carbons (Fsp3) is 0.368. The molecule has 3 rings (SSSR count). The molecule has 0 amide bonds. The van der Waals surface area contributed by atoms with Crippen molar-refractivity contribution in [3.05, 3.63) is 64.9 Å². The summed E-state index contributed by atoms with van der Waals surface area (Å²) in [4.78, 5) is 0.0652. The lowest BCUT2D eigenvalue weighted by molar-refractivity contribution is 0.0645. The van der Waals surface area contributed by atoms with Gasteiger partial charge in [-0.05, 0) is 61.2 Å². The van der Waals surface area contributed by atoms with Gasteiger partial charge in [0.1, 0.15) is 5.82 Å². The van der Waals surface area contributed by atoms with Gasteiger partial charge >= 0.3 is 0 Å². The molecule has 4 nitrogen and oxygen atoms in total. The van der Waals surface area contributed by atoms with Crippen LogP contribution < -0.4 is 0 Å². The van der Waals surface area contributed by atoms with Crippen molar-refractivity contribution in [1.29, 1.82) is 0 Å². The molecule has 1 unspecified atom stereocenters. The third-order valence-corrected chi connectivity index (χ3v) is 6.98. The summed E-state index contributed by atoms with van der Waals surface area (Å²) in [6.07, 6.45) is 1.92. The van der Waals surface area contributed by atoms with Crippen LogP contribution in [0.5, 0.6) is 0 Å². The Morgan fingerprint density at radius 3 is 2.58 bits per heavy atom. The van der Waals surface area contributed by atoms with Gasteiger partial charge in [-0.15, -0.1) is 0 Å². The second-order valence-corrected chi connectivity index (χ2v) is 9.24. The third kappa shape index (κ3) is 4.09. The van der Waals surface area contributed by atoms with E-state index in [0.29, 0.717) is 24.4 Å². The number of aliphatic hydroxyl groups excluding tert-OH is 1. The zero-order valence-electron chi connectivity index (χ0n) is 14.2. The standard InChI is InChI=1S/C19H21ClFNO3S/c20-16-4-1-3-15(11-16)12-19(14-23)9-2-10-22(13-19)26(24,25)18-7-5-17(21)6-8-18/h1,3-8,11,23H,2,9-10,12-14H2. The Morgan fingerprint density at radius 1 is 1.19 bits per heavy atom. The fourth-order valence-corrected chi connectivity index (χ4v) is 5.34. The van der Waals surface area contributed by atoms with E-state index in [1.165, 1.54) is 16.4 Å². The molecule has 1 aliphatic heterocycles. The first kappa shape index (κ1) is 19.3. The molecule has 1 aliphatic rings. The molecule has 0 aromatic heterocycles. The van der Waals surface area contributed by atoms with Gasteiger partial charge in [0.25, 0.3) is 0 Å². The van der Waals surface area contributed by atoms with Gasteiger partial charge < -0.3 is 5.11 Å². The van der Waals surface area contributed by atoms with Crippen LogP contribution in [0.1, 0.15) is 18.4 Å². The highest BCUT2D eigenvalue weighted by Crippen LogP contribution is 2.36. The number of halogens is 2. The summed E-state index contributed by atoms with van der Waals surface area (Å²) in [7, 11) is -3.73. The van der Waals surface area contributed by atoms with Gasteiger partial charge in [0, 0.05) is 23.5 Å². The number of rotatable bonds is 5. The summed E-state index contributed by atoms with van der Waals surface area (Å²) in [5.74, 6) is -0.478. The van der Waals surface area contributed by atoms with Crippen LogP contribution in [0.25, 0.3) is 0 Å². The van der Waals surface area contributed by atoms with Crippen molar-refractivity contribution in [1.82, 2.24) is 4.31 Å². The average Bonchev–Trinajstić information content (AvgIpc) is 2.62. The van der Waals surface area contributed by atoms with Crippen molar-refractivity contribution in [3.8, 4) is 0 Å². The lowest BCUT2D eigenvalue weighted by atomic mass is 9.76. The molecule has 0 aliphatic carbocycles. The molecule has 1 atom stereocenters. The molecule has 26 heavy (non-hydrogen) atoms. The minimum absolute atomic E-state index is 0.0652. The summed E-state index contributed by atoms with van der Waals surface area (Å²) < 4.78 is 40.3. The maximum Gasteiger partial charge on any atom is 0.243 e. The van der Waals surface area contributed by atoms with E-state index in [4.69, 9.17) is 11.6 Å². The number of aliphatic hydroxyl groups is 1. The Balaban J connectivity index is 1.85. The predicted molar refractivity (Wildman–Crippen MR) is 99.1 cm³/mol.